The summed E-state index contributed by atoms with van der Waals surface area (Å²) in [5.41, 5.74) is 2.57. The average Bonchev–Trinajstić information content (AvgIpc) is 2.67. The van der Waals surface area contributed by atoms with Crippen molar-refractivity contribution in [3.05, 3.63) is 71.8 Å². The largest absolute Gasteiger partial charge is 0.356 e. The Labute approximate surface area is 186 Å². The van der Waals surface area contributed by atoms with Crippen molar-refractivity contribution < 1.29 is 8.42 Å². The van der Waals surface area contributed by atoms with Gasteiger partial charge in [0, 0.05) is 32.3 Å². The smallest absolute Gasteiger partial charge is 0.190 e. The van der Waals surface area contributed by atoms with Gasteiger partial charge in [0.1, 0.15) is 9.84 Å². The van der Waals surface area contributed by atoms with E-state index in [-0.39, 0.29) is 29.7 Å². The molecule has 2 N–H and O–H groups in total. The van der Waals surface area contributed by atoms with Crippen LogP contribution in [0.5, 0.6) is 0 Å². The predicted molar refractivity (Wildman–Crippen MR) is 128 cm³/mol. The van der Waals surface area contributed by atoms with Crippen LogP contribution in [0.2, 0.25) is 0 Å². The molecule has 2 rings (SSSR count). The Hall–Kier alpha value is -1.61. The number of aliphatic imine (C=N–C) groups is 1. The summed E-state index contributed by atoms with van der Waals surface area (Å²) in [6, 6.07) is 20.9. The number of nitrogens with one attached hydrogen (secondary N) is 2. The van der Waals surface area contributed by atoms with Crippen LogP contribution >= 0.6 is 24.0 Å². The zero-order valence-electron chi connectivity index (χ0n) is 16.5. The first-order valence-electron chi connectivity index (χ1n) is 9.19. The summed E-state index contributed by atoms with van der Waals surface area (Å²) < 4.78 is 22.4. The van der Waals surface area contributed by atoms with Crippen LogP contribution in [-0.2, 0) is 16.3 Å². The van der Waals surface area contributed by atoms with Gasteiger partial charge in [0.25, 0.3) is 0 Å². The highest BCUT2D eigenvalue weighted by molar-refractivity contribution is 14.0. The Morgan fingerprint density at radius 3 is 2.18 bits per heavy atom. The molecule has 2 aromatic carbocycles. The molecule has 0 amide bonds. The summed E-state index contributed by atoms with van der Waals surface area (Å²) in [5, 5.41) is 6.56. The van der Waals surface area contributed by atoms with Crippen molar-refractivity contribution in [2.75, 3.05) is 32.1 Å². The SMILES string of the molecule is CN=C(NCCCS(C)(=O)=O)NCC(Cc1ccccc1)c1ccccc1.I. The number of guanidine groups is 1. The molecule has 0 spiro atoms. The van der Waals surface area contributed by atoms with Crippen molar-refractivity contribution in [2.24, 2.45) is 4.99 Å². The fourth-order valence-corrected chi connectivity index (χ4v) is 3.58. The molecule has 7 heteroatoms. The highest BCUT2D eigenvalue weighted by atomic mass is 127. The lowest BCUT2D eigenvalue weighted by Gasteiger charge is -2.20. The minimum absolute atomic E-state index is 0. The van der Waals surface area contributed by atoms with E-state index >= 15 is 0 Å². The minimum atomic E-state index is -2.93. The van der Waals surface area contributed by atoms with Crippen LogP contribution < -0.4 is 10.6 Å². The number of halogens is 1. The highest BCUT2D eigenvalue weighted by Gasteiger charge is 2.13. The second kappa shape index (κ2) is 12.8. The maximum Gasteiger partial charge on any atom is 0.190 e. The van der Waals surface area contributed by atoms with Gasteiger partial charge in [-0.15, -0.1) is 24.0 Å². The monoisotopic (exact) mass is 515 g/mol. The summed E-state index contributed by atoms with van der Waals surface area (Å²) in [5.74, 6) is 1.18. The maximum atomic E-state index is 11.2. The van der Waals surface area contributed by atoms with E-state index in [1.807, 2.05) is 12.1 Å². The maximum absolute atomic E-state index is 11.2. The van der Waals surface area contributed by atoms with Crippen molar-refractivity contribution in [2.45, 2.75) is 18.8 Å². The normalized spacial score (nSPS) is 12.7. The van der Waals surface area contributed by atoms with Gasteiger partial charge in [-0.25, -0.2) is 8.42 Å². The molecule has 0 fully saturated rings. The van der Waals surface area contributed by atoms with Crippen molar-refractivity contribution in [1.29, 1.82) is 0 Å². The molecular weight excluding hydrogens is 485 g/mol. The topological polar surface area (TPSA) is 70.6 Å². The number of hydrogen-bond donors (Lipinski definition) is 2. The lowest BCUT2D eigenvalue weighted by molar-refractivity contribution is 0.598. The summed E-state index contributed by atoms with van der Waals surface area (Å²) in [6.07, 6.45) is 2.75. The Morgan fingerprint density at radius 1 is 1.00 bits per heavy atom. The summed E-state index contributed by atoms with van der Waals surface area (Å²) in [6.45, 7) is 1.31. The van der Waals surface area contributed by atoms with E-state index in [9.17, 15) is 8.42 Å². The third-order valence-corrected chi connectivity index (χ3v) is 5.35. The van der Waals surface area contributed by atoms with E-state index < -0.39 is 9.84 Å². The zero-order chi connectivity index (χ0) is 19.5. The molecule has 0 aromatic heterocycles. The molecule has 1 atom stereocenters. The molecule has 0 bridgehead atoms. The number of benzene rings is 2. The second-order valence-corrected chi connectivity index (χ2v) is 8.92. The van der Waals surface area contributed by atoms with Crippen LogP contribution in [-0.4, -0.2) is 46.5 Å². The summed E-state index contributed by atoms with van der Waals surface area (Å²) in [7, 11) is -1.20. The molecule has 2 aromatic rings. The third kappa shape index (κ3) is 9.54. The summed E-state index contributed by atoms with van der Waals surface area (Å²) >= 11 is 0. The highest BCUT2D eigenvalue weighted by Crippen LogP contribution is 2.20. The lowest BCUT2D eigenvalue weighted by Crippen LogP contribution is -2.40. The van der Waals surface area contributed by atoms with Crippen molar-refractivity contribution in [3.8, 4) is 0 Å². The van der Waals surface area contributed by atoms with E-state index in [0.29, 0.717) is 24.8 Å². The first-order chi connectivity index (χ1) is 13.0. The molecule has 0 saturated heterocycles. The van der Waals surface area contributed by atoms with Crippen LogP contribution in [0.4, 0.5) is 0 Å². The van der Waals surface area contributed by atoms with Crippen LogP contribution in [0.15, 0.2) is 65.7 Å². The van der Waals surface area contributed by atoms with Crippen molar-refractivity contribution in [3.63, 3.8) is 0 Å². The number of sulfone groups is 1. The van der Waals surface area contributed by atoms with Gasteiger partial charge in [0.05, 0.1) is 5.75 Å². The third-order valence-electron chi connectivity index (χ3n) is 4.32. The Bertz CT molecular complexity index is 812. The van der Waals surface area contributed by atoms with E-state index in [4.69, 9.17) is 0 Å². The van der Waals surface area contributed by atoms with E-state index in [0.717, 1.165) is 13.0 Å². The molecule has 0 aliphatic heterocycles. The lowest BCUT2D eigenvalue weighted by atomic mass is 9.92. The van der Waals surface area contributed by atoms with Crippen LogP contribution in [0.25, 0.3) is 0 Å². The molecule has 0 saturated carbocycles. The molecule has 0 heterocycles. The average molecular weight is 515 g/mol. The van der Waals surface area contributed by atoms with Crippen molar-refractivity contribution >= 4 is 39.8 Å². The van der Waals surface area contributed by atoms with E-state index in [1.54, 1.807) is 7.05 Å². The zero-order valence-corrected chi connectivity index (χ0v) is 19.6. The van der Waals surface area contributed by atoms with Gasteiger partial charge in [-0.1, -0.05) is 60.7 Å². The molecule has 28 heavy (non-hydrogen) atoms. The number of rotatable bonds is 9. The number of hydrogen-bond acceptors (Lipinski definition) is 3. The van der Waals surface area contributed by atoms with Gasteiger partial charge in [-0.2, -0.15) is 0 Å². The van der Waals surface area contributed by atoms with E-state index in [2.05, 4.69) is 64.2 Å². The molecule has 154 valence electrons. The fraction of sp³-hybridized carbons (Fsp3) is 0.381. The van der Waals surface area contributed by atoms with Crippen LogP contribution in [0.3, 0.4) is 0 Å². The Balaban J connectivity index is 0.00000392. The van der Waals surface area contributed by atoms with E-state index in [1.165, 1.54) is 17.4 Å². The molecule has 1 unspecified atom stereocenters. The summed E-state index contributed by atoms with van der Waals surface area (Å²) in [4.78, 5) is 4.24. The van der Waals surface area contributed by atoms with Gasteiger partial charge in [0.2, 0.25) is 0 Å². The molecule has 0 aliphatic carbocycles. The van der Waals surface area contributed by atoms with Crippen LogP contribution in [0, 0.1) is 0 Å². The standard InChI is InChI=1S/C21H29N3O2S.HI/c1-22-21(23-14-9-15-27(2,25)26)24-17-20(19-12-7-4-8-13-19)16-18-10-5-3-6-11-18;/h3-8,10-13,20H,9,14-17H2,1-2H3,(H2,22,23,24);1H. The van der Waals surface area contributed by atoms with Gasteiger partial charge >= 0.3 is 0 Å². The first kappa shape index (κ1) is 24.4. The molecule has 0 aliphatic rings. The minimum Gasteiger partial charge on any atom is -0.356 e. The molecular formula is C21H30IN3O2S. The first-order valence-corrected chi connectivity index (χ1v) is 11.2. The molecule has 5 nitrogen and oxygen atoms in total. The predicted octanol–water partition coefficient (Wildman–Crippen LogP) is 3.23. The Kier molecular flexibility index (Phi) is 11.1. The second-order valence-electron chi connectivity index (χ2n) is 6.66. The fourth-order valence-electron chi connectivity index (χ4n) is 2.91. The quantitative estimate of drug-likeness (QED) is 0.233. The van der Waals surface area contributed by atoms with Crippen molar-refractivity contribution in [1.82, 2.24) is 10.6 Å². The van der Waals surface area contributed by atoms with Gasteiger partial charge in [0.15, 0.2) is 5.96 Å². The van der Waals surface area contributed by atoms with Gasteiger partial charge < -0.3 is 10.6 Å². The van der Waals surface area contributed by atoms with Crippen LogP contribution in [0.1, 0.15) is 23.5 Å². The van der Waals surface area contributed by atoms with Gasteiger partial charge in [-0.05, 0) is 24.0 Å². The Morgan fingerprint density at radius 2 is 1.61 bits per heavy atom. The molecule has 0 radical (unpaired) electrons. The van der Waals surface area contributed by atoms with Gasteiger partial charge in [-0.3, -0.25) is 4.99 Å². The number of nitrogens with zero attached hydrogens (tertiary/aromatic N) is 1.